The Kier molecular flexibility index (Phi) is 6.24. The summed E-state index contributed by atoms with van der Waals surface area (Å²) in [6.45, 7) is 0. The van der Waals surface area contributed by atoms with Gasteiger partial charge in [0.2, 0.25) is 0 Å². The molecule has 0 N–H and O–H groups in total. The molecule has 0 radical (unpaired) electrons. The Labute approximate surface area is 228 Å². The van der Waals surface area contributed by atoms with Crippen molar-refractivity contribution in [2.75, 3.05) is 0 Å². The van der Waals surface area contributed by atoms with Gasteiger partial charge in [0.05, 0.1) is 32.6 Å². The van der Waals surface area contributed by atoms with Gasteiger partial charge in [0.1, 0.15) is 21.0 Å². The second-order valence-electron chi connectivity index (χ2n) is 8.33. The van der Waals surface area contributed by atoms with Crippen LogP contribution in [0.2, 0.25) is 0 Å². The zero-order chi connectivity index (χ0) is 27.4. The SMILES string of the molecule is FC(F)(F)c1ccc(-c2cnc(-c3ccc(-c4ncc(-c5ccc(C(F)(F)F)cc5)s4)c4nsnc34)s2)cc1. The summed E-state index contributed by atoms with van der Waals surface area (Å²) in [5.74, 6) is 0. The van der Waals surface area contributed by atoms with E-state index in [9.17, 15) is 26.3 Å². The van der Waals surface area contributed by atoms with E-state index in [0.717, 1.165) is 47.1 Å². The number of hydrogen-bond donors (Lipinski definition) is 0. The van der Waals surface area contributed by atoms with E-state index in [1.165, 1.54) is 46.9 Å². The number of fused-ring (bicyclic) bond motifs is 1. The molecule has 6 rings (SSSR count). The van der Waals surface area contributed by atoms with Gasteiger partial charge in [0.15, 0.2) is 0 Å². The van der Waals surface area contributed by atoms with Gasteiger partial charge < -0.3 is 0 Å². The van der Waals surface area contributed by atoms with Gasteiger partial charge >= 0.3 is 12.4 Å². The molecule has 0 amide bonds. The minimum Gasteiger partial charge on any atom is -0.244 e. The fraction of sp³-hybridized carbons (Fsp3) is 0.0769. The molecule has 0 atom stereocenters. The summed E-state index contributed by atoms with van der Waals surface area (Å²) in [4.78, 5) is 10.4. The zero-order valence-electron chi connectivity index (χ0n) is 19.2. The highest BCUT2D eigenvalue weighted by Gasteiger charge is 2.31. The van der Waals surface area contributed by atoms with Crippen molar-refractivity contribution in [3.63, 3.8) is 0 Å². The highest BCUT2D eigenvalue weighted by molar-refractivity contribution is 7.19. The first-order valence-corrected chi connectivity index (χ1v) is 13.5. The quantitative estimate of drug-likeness (QED) is 0.192. The number of aromatic nitrogens is 4. The summed E-state index contributed by atoms with van der Waals surface area (Å²) in [7, 11) is 0. The van der Waals surface area contributed by atoms with Crippen molar-refractivity contribution in [1.29, 1.82) is 0 Å². The smallest absolute Gasteiger partial charge is 0.244 e. The largest absolute Gasteiger partial charge is 0.416 e. The Bertz CT molecular complexity index is 1650. The lowest BCUT2D eigenvalue weighted by molar-refractivity contribution is -0.138. The Morgan fingerprint density at radius 1 is 0.513 bits per heavy atom. The summed E-state index contributed by atoms with van der Waals surface area (Å²) < 4.78 is 86.3. The lowest BCUT2D eigenvalue weighted by atomic mass is 10.1. The lowest BCUT2D eigenvalue weighted by Gasteiger charge is -2.06. The van der Waals surface area contributed by atoms with Crippen LogP contribution in [0.5, 0.6) is 0 Å². The van der Waals surface area contributed by atoms with Crippen molar-refractivity contribution < 1.29 is 26.3 Å². The molecule has 6 aromatic rings. The van der Waals surface area contributed by atoms with Crippen LogP contribution in [0.1, 0.15) is 11.1 Å². The first-order chi connectivity index (χ1) is 18.6. The summed E-state index contributed by atoms with van der Waals surface area (Å²) in [6.07, 6.45) is -5.59. The average Bonchev–Trinajstić information content (AvgIpc) is 3.68. The van der Waals surface area contributed by atoms with Crippen LogP contribution >= 0.6 is 34.4 Å². The molecule has 0 fully saturated rings. The molecule has 0 bridgehead atoms. The summed E-state index contributed by atoms with van der Waals surface area (Å²) in [5, 5.41) is 1.28. The van der Waals surface area contributed by atoms with Gasteiger partial charge in [-0.15, -0.1) is 22.7 Å². The molecule has 0 aliphatic carbocycles. The molecule has 196 valence electrons. The molecule has 3 aromatic carbocycles. The molecule has 39 heavy (non-hydrogen) atoms. The van der Waals surface area contributed by atoms with Crippen molar-refractivity contribution in [1.82, 2.24) is 18.7 Å². The number of hydrogen-bond acceptors (Lipinski definition) is 7. The van der Waals surface area contributed by atoms with Gasteiger partial charge in [-0.05, 0) is 47.5 Å². The van der Waals surface area contributed by atoms with Crippen molar-refractivity contribution in [2.24, 2.45) is 0 Å². The standard InChI is InChI=1S/C26H12F6N4S3/c27-25(28,29)15-5-1-13(2-6-15)19-11-33-23(37-19)17-9-10-18(22-21(17)35-39-36-22)24-34-12-20(38-24)14-3-7-16(8-4-14)26(30,31)32/h1-12H. The van der Waals surface area contributed by atoms with Gasteiger partial charge in [0, 0.05) is 23.5 Å². The Morgan fingerprint density at radius 2 is 0.897 bits per heavy atom. The highest BCUT2D eigenvalue weighted by atomic mass is 32.1. The first kappa shape index (κ1) is 25.6. The van der Waals surface area contributed by atoms with E-state index < -0.39 is 23.5 Å². The Morgan fingerprint density at radius 3 is 1.26 bits per heavy atom. The molecule has 0 saturated heterocycles. The molecule has 13 heteroatoms. The zero-order valence-corrected chi connectivity index (χ0v) is 21.7. The topological polar surface area (TPSA) is 51.6 Å². The van der Waals surface area contributed by atoms with Crippen LogP contribution < -0.4 is 0 Å². The highest BCUT2D eigenvalue weighted by Crippen LogP contribution is 2.41. The molecule has 0 spiro atoms. The third kappa shape index (κ3) is 4.92. The van der Waals surface area contributed by atoms with Crippen LogP contribution in [0.3, 0.4) is 0 Å². The van der Waals surface area contributed by atoms with E-state index in [4.69, 9.17) is 0 Å². The second-order valence-corrected chi connectivity index (χ2v) is 10.9. The molecular formula is C26H12F6N4S3. The maximum atomic E-state index is 12.9. The van der Waals surface area contributed by atoms with E-state index in [-0.39, 0.29) is 0 Å². The van der Waals surface area contributed by atoms with Gasteiger partial charge in [-0.2, -0.15) is 35.1 Å². The number of halogens is 6. The molecule has 0 aliphatic rings. The normalized spacial score (nSPS) is 12.4. The van der Waals surface area contributed by atoms with E-state index in [0.29, 0.717) is 41.9 Å². The van der Waals surface area contributed by atoms with Gasteiger partial charge in [0.25, 0.3) is 0 Å². The van der Waals surface area contributed by atoms with Crippen LogP contribution in [0.25, 0.3) is 53.1 Å². The summed E-state index contributed by atoms with van der Waals surface area (Å²) in [6, 6.07) is 13.5. The van der Waals surface area contributed by atoms with Gasteiger partial charge in [-0.25, -0.2) is 9.97 Å². The van der Waals surface area contributed by atoms with Crippen molar-refractivity contribution >= 4 is 45.4 Å². The van der Waals surface area contributed by atoms with E-state index in [1.54, 1.807) is 12.4 Å². The van der Waals surface area contributed by atoms with Crippen molar-refractivity contribution in [3.8, 4) is 42.0 Å². The van der Waals surface area contributed by atoms with E-state index in [2.05, 4.69) is 18.7 Å². The Balaban J connectivity index is 1.31. The second kappa shape index (κ2) is 9.50. The fourth-order valence-corrected chi connectivity index (χ4v) is 6.39. The van der Waals surface area contributed by atoms with E-state index in [1.807, 2.05) is 12.1 Å². The lowest BCUT2D eigenvalue weighted by Crippen LogP contribution is -2.03. The molecule has 3 heterocycles. The molecule has 3 aromatic heterocycles. The maximum Gasteiger partial charge on any atom is 0.416 e. The van der Waals surface area contributed by atoms with Gasteiger partial charge in [-0.1, -0.05) is 24.3 Å². The van der Waals surface area contributed by atoms with Crippen LogP contribution in [-0.4, -0.2) is 18.7 Å². The van der Waals surface area contributed by atoms with Crippen molar-refractivity contribution in [2.45, 2.75) is 12.4 Å². The average molecular weight is 591 g/mol. The minimum absolute atomic E-state index is 0.608. The number of alkyl halides is 6. The molecule has 4 nitrogen and oxygen atoms in total. The summed E-state index contributed by atoms with van der Waals surface area (Å²) in [5.41, 5.74) is 2.48. The van der Waals surface area contributed by atoms with Crippen LogP contribution in [0, 0.1) is 0 Å². The first-order valence-electron chi connectivity index (χ1n) is 11.1. The Hall–Kier alpha value is -3.68. The number of nitrogens with zero attached hydrogens (tertiary/aromatic N) is 4. The van der Waals surface area contributed by atoms with Crippen molar-refractivity contribution in [3.05, 3.63) is 84.2 Å². The third-order valence-corrected chi connectivity index (χ3v) is 8.57. The van der Waals surface area contributed by atoms with Crippen LogP contribution in [-0.2, 0) is 12.4 Å². The number of benzene rings is 3. The molecular weight excluding hydrogens is 579 g/mol. The number of rotatable bonds is 4. The van der Waals surface area contributed by atoms with Crippen LogP contribution in [0.4, 0.5) is 26.3 Å². The monoisotopic (exact) mass is 590 g/mol. The molecule has 0 aliphatic heterocycles. The fourth-order valence-electron chi connectivity index (χ4n) is 3.92. The minimum atomic E-state index is -4.40. The number of thiazole rings is 2. The summed E-state index contributed by atoms with van der Waals surface area (Å²) >= 11 is 3.68. The maximum absolute atomic E-state index is 12.9. The molecule has 0 unspecified atom stereocenters. The molecule has 0 saturated carbocycles. The van der Waals surface area contributed by atoms with Crippen LogP contribution in [0.15, 0.2) is 73.1 Å². The predicted octanol–water partition coefficient (Wildman–Crippen LogP) is 9.31. The van der Waals surface area contributed by atoms with E-state index >= 15 is 0 Å². The van der Waals surface area contributed by atoms with Gasteiger partial charge in [-0.3, -0.25) is 0 Å². The predicted molar refractivity (Wildman–Crippen MR) is 141 cm³/mol. The third-order valence-electron chi connectivity index (χ3n) is 5.88.